The topological polar surface area (TPSA) is 62.7 Å². The van der Waals surface area contributed by atoms with Gasteiger partial charge in [0.05, 0.1) is 11.8 Å². The molecule has 0 aromatic carbocycles. The largest absolute Gasteiger partial charge is 0.479 e. The molecule has 0 bridgehead atoms. The minimum Gasteiger partial charge on any atom is -0.479 e. The summed E-state index contributed by atoms with van der Waals surface area (Å²) in [5.41, 5.74) is 1.01. The van der Waals surface area contributed by atoms with E-state index in [-0.39, 0.29) is 6.10 Å². The number of nitrogens with zero attached hydrogens (tertiary/aromatic N) is 2. The Morgan fingerprint density at radius 1 is 1.56 bits per heavy atom. The molecule has 0 saturated carbocycles. The number of likely N-dealkylation sites (N-methyl/N-ethyl adjacent to an activating group) is 1. The van der Waals surface area contributed by atoms with E-state index in [1.165, 1.54) is 0 Å². The summed E-state index contributed by atoms with van der Waals surface area (Å²) >= 11 is 0. The second-order valence-corrected chi connectivity index (χ2v) is 4.68. The Hall–Kier alpha value is -1.46. The van der Waals surface area contributed by atoms with E-state index < -0.39 is 12.1 Å². The van der Waals surface area contributed by atoms with Gasteiger partial charge in [-0.2, -0.15) is 0 Å². The summed E-state index contributed by atoms with van der Waals surface area (Å²) in [5, 5.41) is 8.85. The van der Waals surface area contributed by atoms with Crippen LogP contribution in [0.1, 0.15) is 18.5 Å². The summed E-state index contributed by atoms with van der Waals surface area (Å²) in [6, 6.07) is 5.83. The van der Waals surface area contributed by atoms with Crippen LogP contribution < -0.4 is 0 Å². The molecule has 2 rings (SSSR count). The van der Waals surface area contributed by atoms with Crippen LogP contribution in [0.5, 0.6) is 0 Å². The third-order valence-corrected chi connectivity index (χ3v) is 3.06. The van der Waals surface area contributed by atoms with Crippen LogP contribution >= 0.6 is 0 Å². The molecule has 5 heteroatoms. The van der Waals surface area contributed by atoms with Gasteiger partial charge in [-0.25, -0.2) is 4.79 Å². The lowest BCUT2D eigenvalue weighted by atomic mass is 10.2. The van der Waals surface area contributed by atoms with Crippen LogP contribution in [-0.4, -0.2) is 46.8 Å². The molecule has 98 valence electrons. The van der Waals surface area contributed by atoms with Crippen LogP contribution in [0.4, 0.5) is 0 Å². The van der Waals surface area contributed by atoms with Crippen molar-refractivity contribution in [1.29, 1.82) is 0 Å². The highest BCUT2D eigenvalue weighted by atomic mass is 16.5. The first-order valence-electron chi connectivity index (χ1n) is 6.12. The molecule has 0 amide bonds. The fourth-order valence-electron chi connectivity index (χ4n) is 2.20. The van der Waals surface area contributed by atoms with Crippen molar-refractivity contribution in [3.63, 3.8) is 0 Å². The van der Waals surface area contributed by atoms with E-state index in [0.717, 1.165) is 25.2 Å². The Balaban J connectivity index is 1.78. The molecule has 1 aliphatic heterocycles. The number of aromatic nitrogens is 1. The summed E-state index contributed by atoms with van der Waals surface area (Å²) in [5.74, 6) is -0.857. The van der Waals surface area contributed by atoms with Crippen molar-refractivity contribution in [2.75, 3.05) is 13.6 Å². The highest BCUT2D eigenvalue weighted by Gasteiger charge is 2.30. The molecule has 0 spiro atoms. The van der Waals surface area contributed by atoms with Crippen LogP contribution in [0.2, 0.25) is 0 Å². The molecule has 1 fully saturated rings. The summed E-state index contributed by atoms with van der Waals surface area (Å²) in [7, 11) is 1.99. The van der Waals surface area contributed by atoms with E-state index in [4.69, 9.17) is 9.84 Å². The number of hydrogen-bond donors (Lipinski definition) is 1. The Morgan fingerprint density at radius 3 is 3.00 bits per heavy atom. The van der Waals surface area contributed by atoms with Crippen LogP contribution in [0, 0.1) is 0 Å². The molecule has 2 atom stereocenters. The van der Waals surface area contributed by atoms with E-state index in [2.05, 4.69) is 9.88 Å². The maximum absolute atomic E-state index is 10.8. The van der Waals surface area contributed by atoms with Gasteiger partial charge in [0.15, 0.2) is 6.10 Å². The van der Waals surface area contributed by atoms with Crippen molar-refractivity contribution < 1.29 is 14.6 Å². The van der Waals surface area contributed by atoms with Gasteiger partial charge in [0.25, 0.3) is 0 Å². The minimum absolute atomic E-state index is 0.0137. The van der Waals surface area contributed by atoms with Gasteiger partial charge in [-0.15, -0.1) is 0 Å². The molecule has 2 unspecified atom stereocenters. The number of carbonyl (C=O) groups is 1. The lowest BCUT2D eigenvalue weighted by Gasteiger charge is -2.20. The van der Waals surface area contributed by atoms with Crippen LogP contribution in [0.25, 0.3) is 0 Å². The Morgan fingerprint density at radius 2 is 2.39 bits per heavy atom. The second kappa shape index (κ2) is 5.93. The predicted molar refractivity (Wildman–Crippen MR) is 66.1 cm³/mol. The second-order valence-electron chi connectivity index (χ2n) is 4.68. The quantitative estimate of drug-likeness (QED) is 0.849. The lowest BCUT2D eigenvalue weighted by Crippen LogP contribution is -2.30. The van der Waals surface area contributed by atoms with Gasteiger partial charge in [-0.1, -0.05) is 6.07 Å². The van der Waals surface area contributed by atoms with E-state index in [0.29, 0.717) is 6.42 Å². The van der Waals surface area contributed by atoms with Crippen molar-refractivity contribution in [2.45, 2.75) is 31.6 Å². The first-order valence-corrected chi connectivity index (χ1v) is 6.12. The molecule has 1 aliphatic rings. The van der Waals surface area contributed by atoms with Crippen molar-refractivity contribution >= 4 is 5.97 Å². The fourth-order valence-corrected chi connectivity index (χ4v) is 2.20. The predicted octanol–water partition coefficient (Wildman–Crippen LogP) is 1.15. The molecule has 1 saturated heterocycles. The molecular formula is C13H18N2O3. The highest BCUT2D eigenvalue weighted by Crippen LogP contribution is 2.20. The molecule has 5 nitrogen and oxygen atoms in total. The lowest BCUT2D eigenvalue weighted by molar-refractivity contribution is -0.149. The average molecular weight is 250 g/mol. The van der Waals surface area contributed by atoms with Crippen molar-refractivity contribution in [2.24, 2.45) is 0 Å². The zero-order valence-electron chi connectivity index (χ0n) is 10.5. The standard InChI is InChI=1S/C13H18N2O3/c1-15(8-10-4-2-3-7-14-10)9-11-5-6-12(18-11)13(16)17/h2-4,7,11-12H,5-6,8-9H2,1H3,(H,16,17). The third kappa shape index (κ3) is 3.51. The maximum atomic E-state index is 10.8. The first kappa shape index (κ1) is 13.0. The Kier molecular flexibility index (Phi) is 4.28. The molecule has 0 radical (unpaired) electrons. The van der Waals surface area contributed by atoms with E-state index in [9.17, 15) is 4.79 Å². The zero-order valence-corrected chi connectivity index (χ0v) is 10.5. The maximum Gasteiger partial charge on any atom is 0.332 e. The van der Waals surface area contributed by atoms with E-state index in [1.54, 1.807) is 6.20 Å². The van der Waals surface area contributed by atoms with Gasteiger partial charge >= 0.3 is 5.97 Å². The van der Waals surface area contributed by atoms with Gasteiger partial charge in [0.1, 0.15) is 0 Å². The highest BCUT2D eigenvalue weighted by molar-refractivity contribution is 5.72. The molecule has 1 aromatic heterocycles. The molecular weight excluding hydrogens is 232 g/mol. The van der Waals surface area contributed by atoms with Crippen molar-refractivity contribution in [3.8, 4) is 0 Å². The fraction of sp³-hybridized carbons (Fsp3) is 0.538. The summed E-state index contributed by atoms with van der Waals surface area (Å²) in [6.45, 7) is 1.48. The first-order chi connectivity index (χ1) is 8.65. The van der Waals surface area contributed by atoms with E-state index in [1.807, 2.05) is 25.2 Å². The SMILES string of the molecule is CN(Cc1ccccn1)CC1CCC(C(=O)O)O1. The molecule has 0 aliphatic carbocycles. The van der Waals surface area contributed by atoms with Crippen LogP contribution in [-0.2, 0) is 16.1 Å². The number of carboxylic acids is 1. The van der Waals surface area contributed by atoms with Gasteiger partial charge in [-0.05, 0) is 32.0 Å². The van der Waals surface area contributed by atoms with Crippen LogP contribution in [0.3, 0.4) is 0 Å². The monoisotopic (exact) mass is 250 g/mol. The number of ether oxygens (including phenoxy) is 1. The number of carboxylic acid groups (broad SMARTS) is 1. The summed E-state index contributed by atoms with van der Waals surface area (Å²) in [4.78, 5) is 17.1. The normalized spacial score (nSPS) is 23.4. The van der Waals surface area contributed by atoms with Gasteiger partial charge in [0.2, 0.25) is 0 Å². The Labute approximate surface area is 106 Å². The minimum atomic E-state index is -0.857. The smallest absolute Gasteiger partial charge is 0.332 e. The van der Waals surface area contributed by atoms with Gasteiger partial charge in [-0.3, -0.25) is 9.88 Å². The number of rotatable bonds is 5. The van der Waals surface area contributed by atoms with E-state index >= 15 is 0 Å². The molecule has 1 aromatic rings. The molecule has 18 heavy (non-hydrogen) atoms. The summed E-state index contributed by atoms with van der Waals surface area (Å²) in [6.07, 6.45) is 2.58. The zero-order chi connectivity index (χ0) is 13.0. The number of aliphatic carboxylic acids is 1. The summed E-state index contributed by atoms with van der Waals surface area (Å²) < 4.78 is 5.47. The third-order valence-electron chi connectivity index (χ3n) is 3.06. The number of hydrogen-bond acceptors (Lipinski definition) is 4. The van der Waals surface area contributed by atoms with Gasteiger partial charge < -0.3 is 9.84 Å². The number of pyridine rings is 1. The van der Waals surface area contributed by atoms with Crippen molar-refractivity contribution in [3.05, 3.63) is 30.1 Å². The molecule has 2 heterocycles. The molecule has 1 N–H and O–H groups in total. The van der Waals surface area contributed by atoms with Crippen molar-refractivity contribution in [1.82, 2.24) is 9.88 Å². The average Bonchev–Trinajstić information content (AvgIpc) is 2.78. The Bertz CT molecular complexity index is 396. The van der Waals surface area contributed by atoms with Gasteiger partial charge in [0, 0.05) is 19.3 Å². The van der Waals surface area contributed by atoms with Crippen LogP contribution in [0.15, 0.2) is 24.4 Å².